The standard InChI is InChI=1S/C25H28N4O5S/c1-2-10-29-21-8-7-19(35-15-9-17-3-5-18(6-4-17)24(31)32)16-20(21)22(23(29)30)26-27-25(33)28-11-13-34-14-12-28/h3-8,16,30H,2,9-15H2,1H3,(H,31,32). The van der Waals surface area contributed by atoms with Crippen LogP contribution in [0.3, 0.4) is 0 Å². The molecule has 2 aromatic carbocycles. The number of amides is 2. The van der Waals surface area contributed by atoms with Crippen LogP contribution in [0.5, 0.6) is 5.88 Å². The van der Waals surface area contributed by atoms with Crippen LogP contribution in [-0.4, -0.2) is 63.7 Å². The summed E-state index contributed by atoms with van der Waals surface area (Å²) >= 11 is 1.66. The van der Waals surface area contributed by atoms with Crippen LogP contribution in [0.25, 0.3) is 10.9 Å². The van der Waals surface area contributed by atoms with E-state index in [2.05, 4.69) is 10.2 Å². The third-order valence-electron chi connectivity index (χ3n) is 5.81. The van der Waals surface area contributed by atoms with Crippen LogP contribution in [0, 0.1) is 0 Å². The summed E-state index contributed by atoms with van der Waals surface area (Å²) in [6.45, 7) is 4.55. The predicted octanol–water partition coefficient (Wildman–Crippen LogP) is 5.33. The first kappa shape index (κ1) is 24.7. The van der Waals surface area contributed by atoms with E-state index in [4.69, 9.17) is 9.84 Å². The second kappa shape index (κ2) is 11.4. The topological polar surface area (TPSA) is 117 Å². The molecule has 2 amide bonds. The molecule has 2 N–H and O–H groups in total. The van der Waals surface area contributed by atoms with Gasteiger partial charge in [-0.15, -0.1) is 16.9 Å². The number of aryl methyl sites for hydroxylation is 2. The van der Waals surface area contributed by atoms with E-state index in [1.54, 1.807) is 33.4 Å². The van der Waals surface area contributed by atoms with E-state index in [9.17, 15) is 14.7 Å². The van der Waals surface area contributed by atoms with Gasteiger partial charge in [-0.3, -0.25) is 0 Å². The van der Waals surface area contributed by atoms with Gasteiger partial charge in [0.15, 0.2) is 5.69 Å². The fourth-order valence-electron chi connectivity index (χ4n) is 3.95. The Labute approximate surface area is 207 Å². The maximum Gasteiger partial charge on any atom is 0.362 e. The van der Waals surface area contributed by atoms with E-state index in [1.165, 1.54) is 0 Å². The fraction of sp³-hybridized carbons (Fsp3) is 0.360. The molecule has 0 atom stereocenters. The third-order valence-corrected chi connectivity index (χ3v) is 6.80. The van der Waals surface area contributed by atoms with Crippen molar-refractivity contribution in [3.05, 3.63) is 53.6 Å². The number of ether oxygens (including phenoxy) is 1. The number of hydrogen-bond acceptors (Lipinski definition) is 6. The number of carbonyl (C=O) groups is 2. The molecule has 2 heterocycles. The minimum atomic E-state index is -0.933. The molecule has 1 aliphatic rings. The van der Waals surface area contributed by atoms with Gasteiger partial charge in [0.05, 0.1) is 24.3 Å². The Bertz CT molecular complexity index is 1230. The number of morpholine rings is 1. The van der Waals surface area contributed by atoms with Gasteiger partial charge in [-0.1, -0.05) is 24.2 Å². The maximum atomic E-state index is 12.4. The molecule has 0 bridgehead atoms. The SMILES string of the molecule is CCCn1c(O)c(N=NC(=O)N2CCOCC2)c2cc(SCCc3ccc(C(=O)O)cc3)ccc21. The fourth-order valence-corrected chi connectivity index (χ4v) is 4.89. The largest absolute Gasteiger partial charge is 0.493 e. The highest BCUT2D eigenvalue weighted by Gasteiger charge is 2.20. The third kappa shape index (κ3) is 5.83. The highest BCUT2D eigenvalue weighted by Crippen LogP contribution is 2.41. The normalized spacial score (nSPS) is 14.1. The summed E-state index contributed by atoms with van der Waals surface area (Å²) in [5, 5.41) is 28.7. The Kier molecular flexibility index (Phi) is 8.04. The van der Waals surface area contributed by atoms with E-state index in [-0.39, 0.29) is 11.4 Å². The summed E-state index contributed by atoms with van der Waals surface area (Å²) in [4.78, 5) is 26.0. The van der Waals surface area contributed by atoms with Crippen molar-refractivity contribution in [2.75, 3.05) is 32.1 Å². The lowest BCUT2D eigenvalue weighted by molar-refractivity contribution is 0.0552. The zero-order valence-electron chi connectivity index (χ0n) is 19.5. The van der Waals surface area contributed by atoms with Crippen molar-refractivity contribution in [2.45, 2.75) is 31.2 Å². The monoisotopic (exact) mass is 496 g/mol. The van der Waals surface area contributed by atoms with Crippen LogP contribution >= 0.6 is 11.8 Å². The first-order valence-electron chi connectivity index (χ1n) is 11.6. The number of rotatable bonds is 8. The van der Waals surface area contributed by atoms with Crippen molar-refractivity contribution >= 4 is 40.4 Å². The number of azo groups is 1. The molecule has 9 nitrogen and oxygen atoms in total. The van der Waals surface area contributed by atoms with Crippen LogP contribution in [-0.2, 0) is 17.7 Å². The van der Waals surface area contributed by atoms with Crippen molar-refractivity contribution in [2.24, 2.45) is 10.2 Å². The van der Waals surface area contributed by atoms with Crippen LogP contribution < -0.4 is 0 Å². The summed E-state index contributed by atoms with van der Waals surface area (Å²) in [6.07, 6.45) is 1.61. The highest BCUT2D eigenvalue weighted by molar-refractivity contribution is 7.99. The smallest absolute Gasteiger partial charge is 0.362 e. The Morgan fingerprint density at radius 2 is 1.86 bits per heavy atom. The lowest BCUT2D eigenvalue weighted by atomic mass is 10.1. The van der Waals surface area contributed by atoms with Crippen LogP contribution in [0.15, 0.2) is 57.6 Å². The Morgan fingerprint density at radius 1 is 1.11 bits per heavy atom. The van der Waals surface area contributed by atoms with Crippen molar-refractivity contribution in [3.63, 3.8) is 0 Å². The van der Waals surface area contributed by atoms with E-state index in [0.717, 1.165) is 40.0 Å². The summed E-state index contributed by atoms with van der Waals surface area (Å²) < 4.78 is 7.07. The minimum Gasteiger partial charge on any atom is -0.493 e. The Hall–Kier alpha value is -3.37. The molecule has 1 aromatic heterocycles. The average Bonchev–Trinajstić information content (AvgIpc) is 3.13. The molecule has 0 radical (unpaired) electrons. The maximum absolute atomic E-state index is 12.4. The molecule has 35 heavy (non-hydrogen) atoms. The first-order chi connectivity index (χ1) is 17.0. The van der Waals surface area contributed by atoms with Crippen molar-refractivity contribution in [3.8, 4) is 5.88 Å². The zero-order chi connectivity index (χ0) is 24.8. The molecule has 10 heteroatoms. The number of hydrogen-bond donors (Lipinski definition) is 2. The average molecular weight is 497 g/mol. The van der Waals surface area contributed by atoms with E-state index in [1.807, 2.05) is 37.3 Å². The first-order valence-corrected chi connectivity index (χ1v) is 12.5. The lowest BCUT2D eigenvalue weighted by Crippen LogP contribution is -2.39. The summed E-state index contributed by atoms with van der Waals surface area (Å²) in [6, 6.07) is 12.4. The summed E-state index contributed by atoms with van der Waals surface area (Å²) in [5.74, 6) is -0.135. The molecule has 184 valence electrons. The predicted molar refractivity (Wildman–Crippen MR) is 134 cm³/mol. The number of carboxylic acid groups (broad SMARTS) is 1. The number of aromatic carboxylic acids is 1. The van der Waals surface area contributed by atoms with Gasteiger partial charge in [-0.2, -0.15) is 0 Å². The summed E-state index contributed by atoms with van der Waals surface area (Å²) in [7, 11) is 0. The van der Waals surface area contributed by atoms with E-state index in [0.29, 0.717) is 38.5 Å². The number of nitrogens with zero attached hydrogens (tertiary/aromatic N) is 4. The number of urea groups is 1. The van der Waals surface area contributed by atoms with Gasteiger partial charge in [-0.05, 0) is 48.7 Å². The number of aromatic nitrogens is 1. The highest BCUT2D eigenvalue weighted by atomic mass is 32.2. The van der Waals surface area contributed by atoms with Crippen LogP contribution in [0.4, 0.5) is 10.5 Å². The number of carboxylic acids is 1. The van der Waals surface area contributed by atoms with Gasteiger partial charge in [0.1, 0.15) is 0 Å². The van der Waals surface area contributed by atoms with Gasteiger partial charge in [0, 0.05) is 35.7 Å². The molecular weight excluding hydrogens is 468 g/mol. The summed E-state index contributed by atoms with van der Waals surface area (Å²) in [5.41, 5.74) is 2.47. The van der Waals surface area contributed by atoms with Crippen LogP contribution in [0.2, 0.25) is 0 Å². The number of carbonyl (C=O) groups excluding carboxylic acids is 1. The number of thioether (sulfide) groups is 1. The molecule has 1 saturated heterocycles. The molecule has 0 aliphatic carbocycles. The Morgan fingerprint density at radius 3 is 2.54 bits per heavy atom. The zero-order valence-corrected chi connectivity index (χ0v) is 20.3. The van der Waals surface area contributed by atoms with E-state index >= 15 is 0 Å². The second-order valence-electron chi connectivity index (χ2n) is 8.19. The molecular formula is C25H28N4O5S. The molecule has 0 spiro atoms. The molecule has 1 aliphatic heterocycles. The molecule has 0 unspecified atom stereocenters. The van der Waals surface area contributed by atoms with Gasteiger partial charge in [0.2, 0.25) is 5.88 Å². The van der Waals surface area contributed by atoms with Crippen molar-refractivity contribution in [1.29, 1.82) is 0 Å². The number of benzene rings is 2. The molecule has 3 aromatic rings. The van der Waals surface area contributed by atoms with Crippen LogP contribution in [0.1, 0.15) is 29.3 Å². The van der Waals surface area contributed by atoms with Gasteiger partial charge in [0.25, 0.3) is 0 Å². The quantitative estimate of drug-likeness (QED) is 0.322. The number of aromatic hydroxyl groups is 1. The van der Waals surface area contributed by atoms with Crippen molar-refractivity contribution in [1.82, 2.24) is 9.47 Å². The molecule has 1 fully saturated rings. The molecule has 4 rings (SSSR count). The lowest BCUT2D eigenvalue weighted by Gasteiger charge is -2.24. The molecule has 0 saturated carbocycles. The van der Waals surface area contributed by atoms with Gasteiger partial charge >= 0.3 is 12.0 Å². The minimum absolute atomic E-state index is 0.000970. The van der Waals surface area contributed by atoms with Gasteiger partial charge in [-0.25, -0.2) is 9.59 Å². The van der Waals surface area contributed by atoms with Gasteiger partial charge < -0.3 is 24.4 Å². The second-order valence-corrected chi connectivity index (χ2v) is 9.35. The van der Waals surface area contributed by atoms with E-state index < -0.39 is 12.0 Å². The number of fused-ring (bicyclic) bond motifs is 1. The Balaban J connectivity index is 1.52. The van der Waals surface area contributed by atoms with Crippen molar-refractivity contribution < 1.29 is 24.5 Å².